The summed E-state index contributed by atoms with van der Waals surface area (Å²) in [6, 6.07) is 13.6. The second-order valence-electron chi connectivity index (χ2n) is 6.05. The number of nitrogens with zero attached hydrogens (tertiary/aromatic N) is 2. The van der Waals surface area contributed by atoms with E-state index in [1.54, 1.807) is 42.4 Å². The molecule has 0 fully saturated rings. The average molecular weight is 399 g/mol. The molecule has 1 aromatic heterocycles. The molecule has 2 aromatic carbocycles. The topological polar surface area (TPSA) is 65.4 Å². The molecule has 29 heavy (non-hydrogen) atoms. The third-order valence-electron chi connectivity index (χ3n) is 3.91. The fourth-order valence-corrected chi connectivity index (χ4v) is 2.59. The summed E-state index contributed by atoms with van der Waals surface area (Å²) in [5, 5.41) is 6.95. The predicted octanol–water partition coefficient (Wildman–Crippen LogP) is 4.19. The van der Waals surface area contributed by atoms with Gasteiger partial charge in [0.25, 0.3) is 0 Å². The number of aromatic nitrogens is 2. The van der Waals surface area contributed by atoms with Crippen molar-refractivity contribution < 1.29 is 23.0 Å². The third-order valence-corrected chi connectivity index (χ3v) is 3.91. The molecule has 150 valence electrons. The van der Waals surface area contributed by atoms with E-state index in [1.165, 1.54) is 18.2 Å². The van der Waals surface area contributed by atoms with Crippen LogP contribution < -0.4 is 14.8 Å². The lowest BCUT2D eigenvalue weighted by Crippen LogP contribution is -2.07. The molecule has 1 N–H and O–H groups in total. The average Bonchev–Trinajstić information content (AvgIpc) is 3.13. The van der Waals surface area contributed by atoms with E-state index in [9.17, 15) is 13.6 Å². The molecule has 0 aliphatic carbocycles. The Balaban J connectivity index is 1.55. The lowest BCUT2D eigenvalue weighted by Gasteiger charge is -2.04. The van der Waals surface area contributed by atoms with Gasteiger partial charge in [0.1, 0.15) is 11.5 Å². The van der Waals surface area contributed by atoms with Crippen LogP contribution in [0.2, 0.25) is 0 Å². The van der Waals surface area contributed by atoms with Crippen LogP contribution in [0.1, 0.15) is 11.1 Å². The number of rotatable bonds is 8. The molecule has 0 radical (unpaired) electrons. The Morgan fingerprint density at radius 3 is 2.72 bits per heavy atom. The third kappa shape index (κ3) is 6.17. The van der Waals surface area contributed by atoms with Crippen molar-refractivity contribution in [1.82, 2.24) is 9.78 Å². The van der Waals surface area contributed by atoms with Gasteiger partial charge in [0.05, 0.1) is 25.5 Å². The summed E-state index contributed by atoms with van der Waals surface area (Å²) in [5.74, 6) is 0.492. The van der Waals surface area contributed by atoms with Gasteiger partial charge in [-0.05, 0) is 41.5 Å². The molecule has 0 spiro atoms. The maximum absolute atomic E-state index is 12.1. The van der Waals surface area contributed by atoms with Gasteiger partial charge in [0, 0.05) is 12.3 Å². The number of alkyl halides is 2. The van der Waals surface area contributed by atoms with Crippen LogP contribution in [-0.2, 0) is 11.3 Å². The second-order valence-corrected chi connectivity index (χ2v) is 6.05. The van der Waals surface area contributed by atoms with Crippen LogP contribution in [0.3, 0.4) is 0 Å². The van der Waals surface area contributed by atoms with Crippen LogP contribution >= 0.6 is 0 Å². The molecular weight excluding hydrogens is 380 g/mol. The Labute approximate surface area is 166 Å². The van der Waals surface area contributed by atoms with Gasteiger partial charge in [-0.2, -0.15) is 13.9 Å². The molecule has 0 unspecified atom stereocenters. The first-order chi connectivity index (χ1) is 14.0. The summed E-state index contributed by atoms with van der Waals surface area (Å²) in [7, 11) is 1.61. The minimum Gasteiger partial charge on any atom is -0.497 e. The zero-order chi connectivity index (χ0) is 20.6. The minimum absolute atomic E-state index is 0.0602. The van der Waals surface area contributed by atoms with Gasteiger partial charge in [0.2, 0.25) is 5.91 Å². The number of hydrogen-bond acceptors (Lipinski definition) is 4. The summed E-state index contributed by atoms with van der Waals surface area (Å²) in [5.41, 5.74) is 2.25. The van der Waals surface area contributed by atoms with Crippen LogP contribution in [0.4, 0.5) is 14.5 Å². The first-order valence-electron chi connectivity index (χ1n) is 8.71. The van der Waals surface area contributed by atoms with Gasteiger partial charge in [-0.15, -0.1) is 0 Å². The zero-order valence-corrected chi connectivity index (χ0v) is 15.6. The van der Waals surface area contributed by atoms with E-state index in [1.807, 2.05) is 24.3 Å². The molecule has 3 aromatic rings. The van der Waals surface area contributed by atoms with Crippen molar-refractivity contribution in [2.45, 2.75) is 13.2 Å². The smallest absolute Gasteiger partial charge is 0.387 e. The normalized spacial score (nSPS) is 11.0. The van der Waals surface area contributed by atoms with Gasteiger partial charge < -0.3 is 14.8 Å². The summed E-state index contributed by atoms with van der Waals surface area (Å²) in [4.78, 5) is 12.1. The first-order valence-corrected chi connectivity index (χ1v) is 8.71. The van der Waals surface area contributed by atoms with Crippen molar-refractivity contribution in [2.24, 2.45) is 0 Å². The van der Waals surface area contributed by atoms with Gasteiger partial charge >= 0.3 is 6.61 Å². The Morgan fingerprint density at radius 1 is 1.21 bits per heavy atom. The van der Waals surface area contributed by atoms with Crippen molar-refractivity contribution in [3.8, 4) is 11.5 Å². The maximum atomic E-state index is 12.1. The van der Waals surface area contributed by atoms with E-state index in [2.05, 4.69) is 15.2 Å². The van der Waals surface area contributed by atoms with Crippen LogP contribution in [-0.4, -0.2) is 29.4 Å². The highest BCUT2D eigenvalue weighted by molar-refractivity contribution is 6.01. The lowest BCUT2D eigenvalue weighted by molar-refractivity contribution is -0.111. The van der Waals surface area contributed by atoms with Gasteiger partial charge in [-0.1, -0.05) is 24.3 Å². The molecule has 0 aliphatic rings. The highest BCUT2D eigenvalue weighted by atomic mass is 19.3. The molecule has 6 nitrogen and oxygen atoms in total. The molecular formula is C21H19F2N3O3. The summed E-state index contributed by atoms with van der Waals surface area (Å²) < 4.78 is 35.5. The summed E-state index contributed by atoms with van der Waals surface area (Å²) in [6.07, 6.45) is 6.20. The van der Waals surface area contributed by atoms with E-state index < -0.39 is 6.61 Å². The molecule has 0 aliphatic heterocycles. The first kappa shape index (κ1) is 20.1. The van der Waals surface area contributed by atoms with E-state index >= 15 is 0 Å². The Morgan fingerprint density at radius 2 is 2.00 bits per heavy atom. The molecule has 1 heterocycles. The van der Waals surface area contributed by atoms with E-state index in [0.29, 0.717) is 17.8 Å². The van der Waals surface area contributed by atoms with Crippen molar-refractivity contribution in [3.05, 3.63) is 78.1 Å². The summed E-state index contributed by atoms with van der Waals surface area (Å²) in [6.45, 7) is -2.33. The minimum atomic E-state index is -2.87. The number of methoxy groups -OCH3 is 1. The second kappa shape index (κ2) is 9.50. The molecule has 0 saturated carbocycles. The standard InChI is InChI=1S/C21H19F2N3O3/c1-28-19-4-2-3-16(11-19)13-26-14-17(12-24-26)25-20(27)10-7-15-5-8-18(9-6-15)29-21(22)23/h2-12,14,21H,13H2,1H3,(H,25,27)/b10-7-. The van der Waals surface area contributed by atoms with E-state index in [0.717, 1.165) is 11.3 Å². The van der Waals surface area contributed by atoms with Crippen molar-refractivity contribution >= 4 is 17.7 Å². The lowest BCUT2D eigenvalue weighted by atomic mass is 10.2. The van der Waals surface area contributed by atoms with Crippen LogP contribution in [0, 0.1) is 0 Å². The van der Waals surface area contributed by atoms with E-state index in [-0.39, 0.29) is 11.7 Å². The number of nitrogens with one attached hydrogen (secondary N) is 1. The quantitative estimate of drug-likeness (QED) is 0.577. The molecule has 0 atom stereocenters. The number of hydrogen-bond donors (Lipinski definition) is 1. The van der Waals surface area contributed by atoms with Crippen LogP contribution in [0.25, 0.3) is 6.08 Å². The number of halogens is 2. The Kier molecular flexibility index (Phi) is 6.57. The number of carbonyl (C=O) groups excluding carboxylic acids is 1. The number of carbonyl (C=O) groups is 1. The fraction of sp³-hybridized carbons (Fsp3) is 0.143. The van der Waals surface area contributed by atoms with Crippen LogP contribution in [0.15, 0.2) is 67.0 Å². The molecule has 1 amide bonds. The summed E-state index contributed by atoms with van der Waals surface area (Å²) >= 11 is 0. The van der Waals surface area contributed by atoms with Gasteiger partial charge in [-0.25, -0.2) is 0 Å². The monoisotopic (exact) mass is 399 g/mol. The molecule has 0 saturated heterocycles. The number of benzene rings is 2. The van der Waals surface area contributed by atoms with Gasteiger partial charge in [0.15, 0.2) is 0 Å². The highest BCUT2D eigenvalue weighted by Crippen LogP contribution is 2.16. The van der Waals surface area contributed by atoms with Crippen molar-refractivity contribution in [1.29, 1.82) is 0 Å². The van der Waals surface area contributed by atoms with Crippen molar-refractivity contribution in [2.75, 3.05) is 12.4 Å². The van der Waals surface area contributed by atoms with Crippen molar-refractivity contribution in [3.63, 3.8) is 0 Å². The Hall–Kier alpha value is -3.68. The fourth-order valence-electron chi connectivity index (χ4n) is 2.59. The van der Waals surface area contributed by atoms with E-state index in [4.69, 9.17) is 4.74 Å². The number of ether oxygens (including phenoxy) is 2. The predicted molar refractivity (Wildman–Crippen MR) is 105 cm³/mol. The Bertz CT molecular complexity index is 985. The molecule has 8 heteroatoms. The molecule has 3 rings (SSSR count). The highest BCUT2D eigenvalue weighted by Gasteiger charge is 2.05. The number of amides is 1. The zero-order valence-electron chi connectivity index (χ0n) is 15.6. The maximum Gasteiger partial charge on any atom is 0.387 e. The number of anilines is 1. The SMILES string of the molecule is COc1cccc(Cn2cc(NC(=O)/C=C\c3ccc(OC(F)F)cc3)cn2)c1. The van der Waals surface area contributed by atoms with Gasteiger partial charge in [-0.3, -0.25) is 9.48 Å². The molecule has 0 bridgehead atoms. The van der Waals surface area contributed by atoms with Crippen LogP contribution in [0.5, 0.6) is 11.5 Å². The largest absolute Gasteiger partial charge is 0.497 e.